The highest BCUT2D eigenvalue weighted by Gasteiger charge is 2.20. The van der Waals surface area contributed by atoms with Crippen LogP contribution in [0.4, 0.5) is 0 Å². The highest BCUT2D eigenvalue weighted by molar-refractivity contribution is 9.11. The molecule has 6 heteroatoms. The van der Waals surface area contributed by atoms with E-state index in [0.717, 1.165) is 14.9 Å². The van der Waals surface area contributed by atoms with Crippen LogP contribution in [0.2, 0.25) is 5.02 Å². The smallest absolute Gasteiger partial charge is 0.145 e. The molecule has 0 amide bonds. The second-order valence-electron chi connectivity index (χ2n) is 3.75. The Morgan fingerprint density at radius 3 is 2.53 bits per heavy atom. The van der Waals surface area contributed by atoms with Crippen molar-refractivity contribution in [1.29, 1.82) is 0 Å². The molecule has 102 valence electrons. The Bertz CT molecular complexity index is 586. The Morgan fingerprint density at radius 2 is 2.00 bits per heavy atom. The second kappa shape index (κ2) is 6.48. The molecule has 0 radical (unpaired) electrons. The Hall–Kier alpha value is -0.230. The van der Waals surface area contributed by atoms with Gasteiger partial charge in [-0.05, 0) is 39.0 Å². The zero-order valence-electron chi connectivity index (χ0n) is 10.2. The Morgan fingerprint density at radius 1 is 1.26 bits per heavy atom. The fourth-order valence-electron chi connectivity index (χ4n) is 1.75. The van der Waals surface area contributed by atoms with E-state index in [4.69, 9.17) is 21.1 Å². The fraction of sp³-hybridized carbons (Fsp3) is 0.231. The van der Waals surface area contributed by atoms with Gasteiger partial charge in [0.25, 0.3) is 0 Å². The topological polar surface area (TPSA) is 18.5 Å². The van der Waals surface area contributed by atoms with Crippen molar-refractivity contribution in [1.82, 2.24) is 0 Å². The first-order valence-electron chi connectivity index (χ1n) is 5.36. The predicted molar refractivity (Wildman–Crippen MR) is 87.3 cm³/mol. The normalized spacial score (nSPS) is 12.3. The van der Waals surface area contributed by atoms with Gasteiger partial charge in [-0.15, -0.1) is 11.3 Å². The van der Waals surface area contributed by atoms with E-state index in [1.165, 1.54) is 0 Å². The van der Waals surface area contributed by atoms with Crippen LogP contribution in [-0.4, -0.2) is 14.2 Å². The van der Waals surface area contributed by atoms with Crippen LogP contribution >= 0.6 is 54.8 Å². The molecule has 0 fully saturated rings. The van der Waals surface area contributed by atoms with Gasteiger partial charge >= 0.3 is 0 Å². The molecule has 1 unspecified atom stereocenters. The van der Waals surface area contributed by atoms with Crippen molar-refractivity contribution in [3.05, 3.63) is 43.5 Å². The number of thiophene rings is 1. The van der Waals surface area contributed by atoms with E-state index in [1.807, 2.05) is 12.1 Å². The summed E-state index contributed by atoms with van der Waals surface area (Å²) in [5.41, 5.74) is 2.12. The Kier molecular flexibility index (Phi) is 5.17. The van der Waals surface area contributed by atoms with Gasteiger partial charge in [0.2, 0.25) is 0 Å². The molecule has 2 aromatic rings. The van der Waals surface area contributed by atoms with Gasteiger partial charge in [-0.25, -0.2) is 0 Å². The van der Waals surface area contributed by atoms with Crippen molar-refractivity contribution in [3.8, 4) is 11.5 Å². The Balaban J connectivity index is 2.47. The number of ether oxygens (including phenoxy) is 2. The molecule has 1 aromatic heterocycles. The van der Waals surface area contributed by atoms with Gasteiger partial charge in [-0.2, -0.15) is 0 Å². The average Bonchev–Trinajstić information content (AvgIpc) is 2.84. The van der Waals surface area contributed by atoms with E-state index in [0.29, 0.717) is 16.5 Å². The van der Waals surface area contributed by atoms with Crippen molar-refractivity contribution in [3.63, 3.8) is 0 Å². The van der Waals surface area contributed by atoms with Crippen LogP contribution < -0.4 is 9.47 Å². The molecule has 1 aromatic carbocycles. The summed E-state index contributed by atoms with van der Waals surface area (Å²) in [6.45, 7) is 0. The van der Waals surface area contributed by atoms with Gasteiger partial charge in [0, 0.05) is 5.56 Å². The summed E-state index contributed by atoms with van der Waals surface area (Å²) in [6.07, 6.45) is 0. The summed E-state index contributed by atoms with van der Waals surface area (Å²) in [5.74, 6) is 1.23. The summed E-state index contributed by atoms with van der Waals surface area (Å²) in [7, 11) is 3.19. The van der Waals surface area contributed by atoms with E-state index in [1.54, 1.807) is 25.6 Å². The lowest BCUT2D eigenvalue weighted by Crippen LogP contribution is -1.98. The second-order valence-corrected chi connectivity index (χ2v) is 7.34. The number of hydrogen-bond acceptors (Lipinski definition) is 3. The molecule has 2 nitrogen and oxygen atoms in total. The van der Waals surface area contributed by atoms with Crippen LogP contribution in [0.1, 0.15) is 16.0 Å². The van der Waals surface area contributed by atoms with E-state index in [2.05, 4.69) is 43.3 Å². The van der Waals surface area contributed by atoms with Crippen LogP contribution in [-0.2, 0) is 0 Å². The van der Waals surface area contributed by atoms with E-state index < -0.39 is 0 Å². The number of hydrogen-bond donors (Lipinski definition) is 0. The summed E-state index contributed by atoms with van der Waals surface area (Å²) in [4.78, 5) is 0.0217. The predicted octanol–water partition coefficient (Wildman–Crippen LogP) is 5.67. The molecular weight excluding hydrogens is 415 g/mol. The molecular formula is C13H11Br2ClO2S. The summed E-state index contributed by atoms with van der Waals surface area (Å²) >= 11 is 15.1. The van der Waals surface area contributed by atoms with Gasteiger partial charge < -0.3 is 9.47 Å². The highest BCUT2D eigenvalue weighted by atomic mass is 79.9. The number of rotatable bonds is 4. The first kappa shape index (κ1) is 15.2. The SMILES string of the molecule is COc1ccc(C(Br)c2csc(Br)c2)c(OC)c1Cl. The lowest BCUT2D eigenvalue weighted by Gasteiger charge is -2.16. The van der Waals surface area contributed by atoms with Crippen molar-refractivity contribution >= 4 is 54.8 Å². The highest BCUT2D eigenvalue weighted by Crippen LogP contribution is 2.45. The first-order chi connectivity index (χ1) is 9.08. The molecule has 0 saturated heterocycles. The standard InChI is InChI=1S/C13H11Br2ClO2S/c1-17-9-4-3-8(13(18-2)12(9)16)11(15)7-5-10(14)19-6-7/h3-6,11H,1-2H3. The van der Waals surface area contributed by atoms with Crippen LogP contribution in [0.25, 0.3) is 0 Å². The lowest BCUT2D eigenvalue weighted by molar-refractivity contribution is 0.392. The van der Waals surface area contributed by atoms with Gasteiger partial charge in [-0.3, -0.25) is 0 Å². The van der Waals surface area contributed by atoms with Crippen LogP contribution in [0, 0.1) is 0 Å². The number of methoxy groups -OCH3 is 2. The molecule has 1 atom stereocenters. The molecule has 0 aliphatic rings. The minimum atomic E-state index is 0.0217. The van der Waals surface area contributed by atoms with Crippen LogP contribution in [0.5, 0.6) is 11.5 Å². The minimum Gasteiger partial charge on any atom is -0.495 e. The van der Waals surface area contributed by atoms with Crippen molar-refractivity contribution in [2.75, 3.05) is 14.2 Å². The quantitative estimate of drug-likeness (QED) is 0.587. The average molecular weight is 427 g/mol. The Labute approximate surface area is 137 Å². The number of alkyl halides is 1. The van der Waals surface area contributed by atoms with Crippen molar-refractivity contribution < 1.29 is 9.47 Å². The maximum absolute atomic E-state index is 6.27. The minimum absolute atomic E-state index is 0.0217. The van der Waals surface area contributed by atoms with Crippen LogP contribution in [0.3, 0.4) is 0 Å². The molecule has 0 aliphatic carbocycles. The number of benzene rings is 1. The lowest BCUT2D eigenvalue weighted by atomic mass is 10.1. The molecule has 19 heavy (non-hydrogen) atoms. The zero-order valence-corrected chi connectivity index (χ0v) is 15.0. The van der Waals surface area contributed by atoms with Gasteiger partial charge in [-0.1, -0.05) is 33.6 Å². The van der Waals surface area contributed by atoms with Crippen LogP contribution in [0.15, 0.2) is 27.4 Å². The molecule has 0 N–H and O–H groups in total. The summed E-state index contributed by atoms with van der Waals surface area (Å²) in [6, 6.07) is 5.87. The molecule has 0 saturated carbocycles. The number of halogens is 3. The van der Waals surface area contributed by atoms with E-state index in [-0.39, 0.29) is 4.83 Å². The maximum atomic E-state index is 6.27. The summed E-state index contributed by atoms with van der Waals surface area (Å²) < 4.78 is 11.7. The molecule has 0 aliphatic heterocycles. The van der Waals surface area contributed by atoms with E-state index >= 15 is 0 Å². The molecule has 0 spiro atoms. The van der Waals surface area contributed by atoms with Crippen molar-refractivity contribution in [2.24, 2.45) is 0 Å². The molecule has 1 heterocycles. The van der Waals surface area contributed by atoms with Gasteiger partial charge in [0.1, 0.15) is 16.5 Å². The maximum Gasteiger partial charge on any atom is 0.145 e. The van der Waals surface area contributed by atoms with E-state index in [9.17, 15) is 0 Å². The third kappa shape index (κ3) is 3.10. The van der Waals surface area contributed by atoms with Crippen molar-refractivity contribution in [2.45, 2.75) is 4.83 Å². The van der Waals surface area contributed by atoms with Gasteiger partial charge in [0.05, 0.1) is 22.8 Å². The third-order valence-electron chi connectivity index (χ3n) is 2.67. The fourth-order valence-corrected chi connectivity index (χ4v) is 4.08. The zero-order chi connectivity index (χ0) is 14.0. The molecule has 0 bridgehead atoms. The third-order valence-corrected chi connectivity index (χ3v) is 5.57. The largest absolute Gasteiger partial charge is 0.495 e. The summed E-state index contributed by atoms with van der Waals surface area (Å²) in [5, 5.41) is 2.57. The molecule has 2 rings (SSSR count). The van der Waals surface area contributed by atoms with Gasteiger partial charge in [0.15, 0.2) is 0 Å². The monoisotopic (exact) mass is 424 g/mol. The first-order valence-corrected chi connectivity index (χ1v) is 8.33.